The van der Waals surface area contributed by atoms with Crippen LogP contribution >= 0.6 is 0 Å². The van der Waals surface area contributed by atoms with E-state index in [1.807, 2.05) is 31.9 Å². The molecule has 0 bridgehead atoms. The molecule has 0 radical (unpaired) electrons. The Hall–Kier alpha value is -2.66. The summed E-state index contributed by atoms with van der Waals surface area (Å²) in [5.74, 6) is 0. The zero-order valence-corrected chi connectivity index (χ0v) is 18.9. The summed E-state index contributed by atoms with van der Waals surface area (Å²) in [6.07, 6.45) is 5.59. The smallest absolute Gasteiger partial charge is 0.410 e. The maximum Gasteiger partial charge on any atom is 0.410 e. The fourth-order valence-electron chi connectivity index (χ4n) is 4.33. The van der Waals surface area contributed by atoms with Gasteiger partial charge < -0.3 is 10.1 Å². The normalized spacial score (nSPS) is 20.5. The van der Waals surface area contributed by atoms with Crippen molar-refractivity contribution in [3.05, 3.63) is 54.2 Å². The summed E-state index contributed by atoms with van der Waals surface area (Å²) >= 11 is 0. The van der Waals surface area contributed by atoms with E-state index in [0.717, 1.165) is 44.5 Å². The molecular weight excluding hydrogens is 386 g/mol. The van der Waals surface area contributed by atoms with Gasteiger partial charge in [-0.3, -0.25) is 9.89 Å². The Bertz CT molecular complexity index is 1000. The van der Waals surface area contributed by atoms with Crippen molar-refractivity contribution in [1.29, 1.82) is 0 Å². The topological polar surface area (TPSA) is 53.9 Å². The number of nitrogens with zero attached hydrogens (tertiary/aromatic N) is 2. The number of ether oxygens (including phenoxy) is 1. The molecule has 4 rings (SSSR count). The van der Waals surface area contributed by atoms with Crippen molar-refractivity contribution in [1.82, 2.24) is 10.2 Å². The number of carbonyl (C=O) groups is 1. The molecule has 0 aromatic heterocycles. The van der Waals surface area contributed by atoms with Crippen LogP contribution in [-0.4, -0.2) is 48.0 Å². The van der Waals surface area contributed by atoms with E-state index in [9.17, 15) is 4.79 Å². The van der Waals surface area contributed by atoms with Gasteiger partial charge in [0.2, 0.25) is 0 Å². The van der Waals surface area contributed by atoms with Crippen LogP contribution in [-0.2, 0) is 4.74 Å². The molecule has 1 amide bonds. The van der Waals surface area contributed by atoms with Crippen molar-refractivity contribution in [3.63, 3.8) is 0 Å². The van der Waals surface area contributed by atoms with E-state index in [2.05, 4.69) is 47.8 Å². The van der Waals surface area contributed by atoms with Gasteiger partial charge in [-0.1, -0.05) is 36.4 Å². The highest BCUT2D eigenvalue weighted by Crippen LogP contribution is 2.28. The third-order valence-electron chi connectivity index (χ3n) is 5.86. The van der Waals surface area contributed by atoms with Gasteiger partial charge >= 0.3 is 6.09 Å². The first-order valence-electron chi connectivity index (χ1n) is 11.4. The number of nitrogens with one attached hydrogen (secondary N) is 1. The van der Waals surface area contributed by atoms with Crippen molar-refractivity contribution < 1.29 is 9.53 Å². The Labute approximate surface area is 185 Å². The zero-order valence-electron chi connectivity index (χ0n) is 18.9. The highest BCUT2D eigenvalue weighted by molar-refractivity contribution is 5.94. The number of benzene rings is 2. The Morgan fingerprint density at radius 1 is 1.10 bits per heavy atom. The van der Waals surface area contributed by atoms with Crippen LogP contribution in [0, 0.1) is 0 Å². The number of allylic oxidation sites excluding steroid dienone is 1. The molecule has 31 heavy (non-hydrogen) atoms. The van der Waals surface area contributed by atoms with Gasteiger partial charge in [-0.05, 0) is 81.0 Å². The van der Waals surface area contributed by atoms with Crippen LogP contribution in [0.25, 0.3) is 16.3 Å². The lowest BCUT2D eigenvalue weighted by Gasteiger charge is -2.32. The summed E-state index contributed by atoms with van der Waals surface area (Å²) in [5.41, 5.74) is 3.05. The molecule has 2 aromatic rings. The quantitative estimate of drug-likeness (QED) is 0.709. The fraction of sp³-hybridized carbons (Fsp3) is 0.462. The van der Waals surface area contributed by atoms with Crippen LogP contribution in [0.3, 0.4) is 0 Å². The molecule has 0 spiro atoms. The molecular formula is C26H33N3O2. The lowest BCUT2D eigenvalue weighted by molar-refractivity contribution is 0.0225. The van der Waals surface area contributed by atoms with E-state index in [4.69, 9.17) is 9.73 Å². The lowest BCUT2D eigenvalue weighted by atomic mass is 9.97. The standard InChI is InChI=1S/C26H33N3O2/c1-26(2,3)31-25(30)29-15-7-14-27-18-24(29)23-11-6-10-22(17-28-23)21-13-12-19-8-4-5-9-20(19)16-21/h4-5,8-9,12-13,16-17,24,27H,6-7,10-11,14-15,18H2,1-3H3. The van der Waals surface area contributed by atoms with E-state index >= 15 is 0 Å². The zero-order chi connectivity index (χ0) is 21.8. The largest absolute Gasteiger partial charge is 0.444 e. The fourth-order valence-corrected chi connectivity index (χ4v) is 4.33. The number of rotatable bonds is 2. The van der Waals surface area contributed by atoms with Crippen LogP contribution in [0.2, 0.25) is 0 Å². The van der Waals surface area contributed by atoms with Crippen molar-refractivity contribution in [3.8, 4) is 0 Å². The highest BCUT2D eigenvalue weighted by Gasteiger charge is 2.32. The Kier molecular flexibility index (Phi) is 6.42. The van der Waals surface area contributed by atoms with Crippen molar-refractivity contribution in [2.24, 2.45) is 4.99 Å². The minimum atomic E-state index is -0.504. The van der Waals surface area contributed by atoms with Gasteiger partial charge in [-0.25, -0.2) is 4.79 Å². The predicted octanol–water partition coefficient (Wildman–Crippen LogP) is 5.40. The van der Waals surface area contributed by atoms with Gasteiger partial charge in [0.15, 0.2) is 0 Å². The van der Waals surface area contributed by atoms with Crippen LogP contribution in [0.1, 0.15) is 52.0 Å². The molecule has 1 unspecified atom stereocenters. The van der Waals surface area contributed by atoms with Gasteiger partial charge in [0, 0.05) is 25.0 Å². The molecule has 164 valence electrons. The van der Waals surface area contributed by atoms with Gasteiger partial charge in [-0.15, -0.1) is 0 Å². The van der Waals surface area contributed by atoms with E-state index in [0.29, 0.717) is 6.54 Å². The van der Waals surface area contributed by atoms with Crippen LogP contribution in [0.5, 0.6) is 0 Å². The second kappa shape index (κ2) is 9.23. The average Bonchev–Trinajstić information content (AvgIpc) is 3.13. The van der Waals surface area contributed by atoms with Crippen LogP contribution in [0.15, 0.2) is 53.7 Å². The first-order valence-corrected chi connectivity index (χ1v) is 11.4. The SMILES string of the molecule is CC(C)(C)OC(=O)N1CCCNCC1C1=NC=C(c2ccc3ccccc3c2)CCC1. The first kappa shape index (κ1) is 21.6. The molecule has 2 aliphatic rings. The van der Waals surface area contributed by atoms with Crippen LogP contribution < -0.4 is 5.32 Å². The van der Waals surface area contributed by atoms with Crippen molar-refractivity contribution >= 4 is 28.2 Å². The van der Waals surface area contributed by atoms with Crippen LogP contribution in [0.4, 0.5) is 4.79 Å². The van der Waals surface area contributed by atoms with E-state index < -0.39 is 5.60 Å². The molecule has 1 N–H and O–H groups in total. The number of hydrogen-bond acceptors (Lipinski definition) is 4. The Morgan fingerprint density at radius 3 is 2.71 bits per heavy atom. The molecule has 1 fully saturated rings. The number of amides is 1. The maximum atomic E-state index is 12.9. The summed E-state index contributed by atoms with van der Waals surface area (Å²) in [7, 11) is 0. The monoisotopic (exact) mass is 419 g/mol. The van der Waals surface area contributed by atoms with Gasteiger partial charge in [0.05, 0.1) is 6.04 Å². The molecule has 2 aliphatic heterocycles. The van der Waals surface area contributed by atoms with E-state index in [1.54, 1.807) is 0 Å². The lowest BCUT2D eigenvalue weighted by Crippen LogP contribution is -2.50. The third kappa shape index (κ3) is 5.34. The summed E-state index contributed by atoms with van der Waals surface area (Å²) in [6, 6.07) is 15.0. The molecule has 2 heterocycles. The molecule has 5 heteroatoms. The summed E-state index contributed by atoms with van der Waals surface area (Å²) < 4.78 is 5.71. The Morgan fingerprint density at radius 2 is 1.90 bits per heavy atom. The van der Waals surface area contributed by atoms with Gasteiger partial charge in [0.1, 0.15) is 5.60 Å². The maximum absolute atomic E-state index is 12.9. The van der Waals surface area contributed by atoms with Gasteiger partial charge in [0.25, 0.3) is 0 Å². The first-order chi connectivity index (χ1) is 14.9. The van der Waals surface area contributed by atoms with Gasteiger partial charge in [-0.2, -0.15) is 0 Å². The number of hydrogen-bond donors (Lipinski definition) is 1. The summed E-state index contributed by atoms with van der Waals surface area (Å²) in [4.78, 5) is 19.7. The second-order valence-electron chi connectivity index (χ2n) is 9.44. The third-order valence-corrected chi connectivity index (χ3v) is 5.86. The Balaban J connectivity index is 1.60. The number of fused-ring (bicyclic) bond motifs is 1. The minimum Gasteiger partial charge on any atom is -0.444 e. The molecule has 5 nitrogen and oxygen atoms in total. The summed E-state index contributed by atoms with van der Waals surface area (Å²) in [5, 5.41) is 5.98. The molecule has 0 saturated carbocycles. The minimum absolute atomic E-state index is 0.0652. The molecule has 2 aromatic carbocycles. The number of aliphatic imine (C=N–C) groups is 1. The average molecular weight is 420 g/mol. The number of carbonyl (C=O) groups excluding carboxylic acids is 1. The predicted molar refractivity (Wildman–Crippen MR) is 127 cm³/mol. The molecule has 1 saturated heterocycles. The molecule has 0 aliphatic carbocycles. The molecule has 1 atom stereocenters. The highest BCUT2D eigenvalue weighted by atomic mass is 16.6. The van der Waals surface area contributed by atoms with E-state index in [-0.39, 0.29) is 12.1 Å². The summed E-state index contributed by atoms with van der Waals surface area (Å²) in [6.45, 7) is 8.05. The van der Waals surface area contributed by atoms with E-state index in [1.165, 1.54) is 21.9 Å². The van der Waals surface area contributed by atoms with Crippen molar-refractivity contribution in [2.75, 3.05) is 19.6 Å². The van der Waals surface area contributed by atoms with Crippen molar-refractivity contribution in [2.45, 2.75) is 58.1 Å². The second-order valence-corrected chi connectivity index (χ2v) is 9.44.